The lowest BCUT2D eigenvalue weighted by atomic mass is 10.3. The molecule has 2 aromatic rings. The predicted octanol–water partition coefficient (Wildman–Crippen LogP) is 5.17. The Morgan fingerprint density at radius 2 is 1.60 bits per heavy atom. The van der Waals surface area contributed by atoms with E-state index in [1.165, 1.54) is 35.7 Å². The molecule has 0 aliphatic carbocycles. The van der Waals surface area contributed by atoms with E-state index in [4.69, 9.17) is 9.53 Å². The SMILES string of the molecule is CCSC(=O)Nc1ccc(Sc2ccc([N+](=O)[O-])cc2)cc1.COC(C)C.NC=O. The molecule has 0 heterocycles. The van der Waals surface area contributed by atoms with Crippen LogP contribution in [0.3, 0.4) is 0 Å². The van der Waals surface area contributed by atoms with Crippen LogP contribution in [0.4, 0.5) is 16.2 Å². The highest BCUT2D eigenvalue weighted by Crippen LogP contribution is 2.29. The summed E-state index contributed by atoms with van der Waals surface area (Å²) in [5.41, 5.74) is 5.00. The molecular formula is C20H27N3O5S2. The Labute approximate surface area is 185 Å². The van der Waals surface area contributed by atoms with E-state index in [-0.39, 0.29) is 17.3 Å². The number of methoxy groups -OCH3 is 1. The summed E-state index contributed by atoms with van der Waals surface area (Å²) < 4.78 is 4.75. The number of nitrogens with one attached hydrogen (secondary N) is 1. The van der Waals surface area contributed by atoms with Gasteiger partial charge in [0.2, 0.25) is 6.41 Å². The molecule has 3 N–H and O–H groups in total. The van der Waals surface area contributed by atoms with Gasteiger partial charge in [-0.1, -0.05) is 30.4 Å². The fourth-order valence-corrected chi connectivity index (χ4v) is 2.93. The molecule has 0 spiro atoms. The van der Waals surface area contributed by atoms with Gasteiger partial charge in [-0.2, -0.15) is 0 Å². The Balaban J connectivity index is 0.000000902. The summed E-state index contributed by atoms with van der Waals surface area (Å²) in [5, 5.41) is 13.3. The second-order valence-electron chi connectivity index (χ2n) is 5.64. The molecule has 0 saturated carbocycles. The molecule has 0 aliphatic heterocycles. The normalized spacial score (nSPS) is 9.50. The molecule has 0 saturated heterocycles. The van der Waals surface area contributed by atoms with E-state index < -0.39 is 4.92 Å². The minimum absolute atomic E-state index is 0.0710. The average molecular weight is 454 g/mol. The average Bonchev–Trinajstić information content (AvgIpc) is 2.71. The molecule has 0 atom stereocenters. The van der Waals surface area contributed by atoms with Gasteiger partial charge in [0.05, 0.1) is 11.0 Å². The number of nitro benzene ring substituents is 1. The standard InChI is InChI=1S/C15H14N2O3S2.C4H10O.CH3NO/c1-2-21-15(18)16-11-3-7-13(8-4-11)22-14-9-5-12(6-10-14)17(19)20;1-4(2)5-3;2-1-3/h3-10H,2H2,1H3,(H,16,18);4H,1-3H3;1H,(H2,2,3). The van der Waals surface area contributed by atoms with Crippen LogP contribution in [0, 0.1) is 10.1 Å². The zero-order valence-electron chi connectivity index (χ0n) is 17.4. The van der Waals surface area contributed by atoms with Crippen molar-refractivity contribution in [2.45, 2.75) is 36.7 Å². The molecule has 164 valence electrons. The quantitative estimate of drug-likeness (QED) is 0.351. The minimum Gasteiger partial charge on any atom is -0.382 e. The second kappa shape index (κ2) is 16.3. The Morgan fingerprint density at radius 3 is 1.97 bits per heavy atom. The molecule has 0 fully saturated rings. The van der Waals surface area contributed by atoms with Gasteiger partial charge in [-0.25, -0.2) is 0 Å². The number of benzene rings is 2. The van der Waals surface area contributed by atoms with Crippen LogP contribution >= 0.6 is 23.5 Å². The molecular weight excluding hydrogens is 426 g/mol. The van der Waals surface area contributed by atoms with Gasteiger partial charge >= 0.3 is 0 Å². The minimum atomic E-state index is -0.416. The maximum Gasteiger partial charge on any atom is 0.283 e. The first-order valence-corrected chi connectivity index (χ1v) is 10.7. The number of nitrogens with two attached hydrogens (primary N) is 1. The van der Waals surface area contributed by atoms with Crippen molar-refractivity contribution in [2.75, 3.05) is 18.2 Å². The first-order chi connectivity index (χ1) is 14.3. The lowest BCUT2D eigenvalue weighted by Crippen LogP contribution is -2.04. The van der Waals surface area contributed by atoms with Crippen molar-refractivity contribution < 1.29 is 19.2 Å². The van der Waals surface area contributed by atoms with E-state index in [1.807, 2.05) is 45.0 Å². The predicted molar refractivity (Wildman–Crippen MR) is 123 cm³/mol. The lowest BCUT2D eigenvalue weighted by molar-refractivity contribution is -0.384. The van der Waals surface area contributed by atoms with Crippen LogP contribution in [0.1, 0.15) is 20.8 Å². The van der Waals surface area contributed by atoms with E-state index in [1.54, 1.807) is 19.2 Å². The zero-order valence-corrected chi connectivity index (χ0v) is 19.0. The summed E-state index contributed by atoms with van der Waals surface area (Å²) in [7, 11) is 1.70. The Hall–Kier alpha value is -2.56. The van der Waals surface area contributed by atoms with Crippen molar-refractivity contribution in [3.05, 3.63) is 58.6 Å². The van der Waals surface area contributed by atoms with E-state index in [0.29, 0.717) is 6.10 Å². The van der Waals surface area contributed by atoms with Gasteiger partial charge in [-0.15, -0.1) is 0 Å². The Morgan fingerprint density at radius 1 is 1.17 bits per heavy atom. The Bertz CT molecular complexity index is 769. The number of hydrogen-bond donors (Lipinski definition) is 2. The van der Waals surface area contributed by atoms with Gasteiger partial charge in [-0.3, -0.25) is 19.7 Å². The number of ether oxygens (including phenoxy) is 1. The Kier molecular flexibility index (Phi) is 14.9. The van der Waals surface area contributed by atoms with Crippen LogP contribution < -0.4 is 11.1 Å². The summed E-state index contributed by atoms with van der Waals surface area (Å²) in [4.78, 5) is 32.2. The molecule has 0 aliphatic rings. The zero-order chi connectivity index (χ0) is 22.9. The van der Waals surface area contributed by atoms with Crippen LogP contribution in [0.5, 0.6) is 0 Å². The van der Waals surface area contributed by atoms with Gasteiger partial charge in [0.1, 0.15) is 0 Å². The third-order valence-electron chi connectivity index (χ3n) is 3.13. The van der Waals surface area contributed by atoms with Gasteiger partial charge in [-0.05, 0) is 56.0 Å². The van der Waals surface area contributed by atoms with Crippen molar-refractivity contribution >= 4 is 46.5 Å². The van der Waals surface area contributed by atoms with Crippen LogP contribution in [0.15, 0.2) is 58.3 Å². The third kappa shape index (κ3) is 12.8. The third-order valence-corrected chi connectivity index (χ3v) is 4.80. The molecule has 0 unspecified atom stereocenters. The summed E-state index contributed by atoms with van der Waals surface area (Å²) in [6.45, 7) is 5.92. The summed E-state index contributed by atoms with van der Waals surface area (Å²) in [5.74, 6) is 0.736. The lowest BCUT2D eigenvalue weighted by Gasteiger charge is -2.05. The van der Waals surface area contributed by atoms with Crippen LogP contribution in [0.2, 0.25) is 0 Å². The fourth-order valence-electron chi connectivity index (χ4n) is 1.66. The number of carbonyl (C=O) groups is 2. The number of carbonyl (C=O) groups excluding carboxylic acids is 2. The maximum atomic E-state index is 11.5. The largest absolute Gasteiger partial charge is 0.382 e. The van der Waals surface area contributed by atoms with Crippen molar-refractivity contribution in [2.24, 2.45) is 5.73 Å². The fraction of sp³-hybridized carbons (Fsp3) is 0.300. The molecule has 8 nitrogen and oxygen atoms in total. The second-order valence-corrected chi connectivity index (χ2v) is 8.03. The first-order valence-electron chi connectivity index (χ1n) is 8.91. The maximum absolute atomic E-state index is 11.5. The number of amides is 2. The molecule has 30 heavy (non-hydrogen) atoms. The number of primary amides is 1. The van der Waals surface area contributed by atoms with Crippen LogP contribution in [-0.2, 0) is 9.53 Å². The smallest absolute Gasteiger partial charge is 0.283 e. The number of rotatable bonds is 6. The number of hydrogen-bond acceptors (Lipinski definition) is 7. The highest BCUT2D eigenvalue weighted by molar-refractivity contribution is 8.13. The van der Waals surface area contributed by atoms with E-state index in [0.717, 1.165) is 21.2 Å². The van der Waals surface area contributed by atoms with E-state index >= 15 is 0 Å². The number of nitrogens with zero attached hydrogens (tertiary/aromatic N) is 1. The van der Waals surface area contributed by atoms with E-state index in [2.05, 4.69) is 11.1 Å². The molecule has 0 radical (unpaired) electrons. The van der Waals surface area contributed by atoms with Crippen molar-refractivity contribution in [1.29, 1.82) is 0 Å². The van der Waals surface area contributed by atoms with Crippen molar-refractivity contribution in [3.8, 4) is 0 Å². The van der Waals surface area contributed by atoms with Crippen molar-refractivity contribution in [1.82, 2.24) is 0 Å². The summed E-state index contributed by atoms with van der Waals surface area (Å²) in [6, 6.07) is 13.9. The van der Waals surface area contributed by atoms with Crippen LogP contribution in [0.25, 0.3) is 0 Å². The number of nitro groups is 1. The van der Waals surface area contributed by atoms with Crippen molar-refractivity contribution in [3.63, 3.8) is 0 Å². The molecule has 10 heteroatoms. The molecule has 0 bridgehead atoms. The number of thioether (sulfide) groups is 1. The highest BCUT2D eigenvalue weighted by Gasteiger charge is 2.05. The molecule has 2 aromatic carbocycles. The van der Waals surface area contributed by atoms with Gasteiger partial charge in [0, 0.05) is 34.7 Å². The van der Waals surface area contributed by atoms with Crippen LogP contribution in [-0.4, -0.2) is 35.5 Å². The highest BCUT2D eigenvalue weighted by atomic mass is 32.2. The number of non-ortho nitro benzene ring substituents is 1. The van der Waals surface area contributed by atoms with Gasteiger partial charge in [0.25, 0.3) is 10.9 Å². The van der Waals surface area contributed by atoms with E-state index in [9.17, 15) is 14.9 Å². The van der Waals surface area contributed by atoms with Gasteiger partial charge in [0.15, 0.2) is 0 Å². The molecule has 0 aromatic heterocycles. The summed E-state index contributed by atoms with van der Waals surface area (Å²) in [6.07, 6.45) is 0.634. The molecule has 2 amide bonds. The van der Waals surface area contributed by atoms with Gasteiger partial charge < -0.3 is 15.8 Å². The number of anilines is 1. The first kappa shape index (κ1) is 27.4. The molecule has 2 rings (SSSR count). The monoisotopic (exact) mass is 453 g/mol. The topological polar surface area (TPSA) is 125 Å². The summed E-state index contributed by atoms with van der Waals surface area (Å²) >= 11 is 2.73.